The molecule has 0 heterocycles. The Kier molecular flexibility index (Phi) is 3.56. The van der Waals surface area contributed by atoms with Crippen molar-refractivity contribution in [3.05, 3.63) is 59.4 Å². The number of nitriles is 1. The summed E-state index contributed by atoms with van der Waals surface area (Å²) in [5, 5.41) is 17.8. The summed E-state index contributed by atoms with van der Waals surface area (Å²) >= 11 is 0. The van der Waals surface area contributed by atoms with E-state index in [0.717, 1.165) is 0 Å². The molecule has 0 aliphatic carbocycles. The highest BCUT2D eigenvalue weighted by Crippen LogP contribution is 2.27. The molecule has 1 N–H and O–H groups in total. The maximum Gasteiger partial charge on any atom is 0.135 e. The Morgan fingerprint density at radius 1 is 1.17 bits per heavy atom. The van der Waals surface area contributed by atoms with E-state index in [1.807, 2.05) is 6.07 Å². The van der Waals surface area contributed by atoms with Crippen molar-refractivity contribution in [3.63, 3.8) is 0 Å². The molecular formula is C14H10FNO2. The molecule has 2 aromatic rings. The Bertz CT molecular complexity index is 588. The first-order valence-electron chi connectivity index (χ1n) is 5.31. The van der Waals surface area contributed by atoms with E-state index in [2.05, 4.69) is 0 Å². The summed E-state index contributed by atoms with van der Waals surface area (Å²) in [7, 11) is 0. The van der Waals surface area contributed by atoms with E-state index in [-0.39, 0.29) is 11.3 Å². The van der Waals surface area contributed by atoms with Gasteiger partial charge in [0.15, 0.2) is 0 Å². The van der Waals surface area contributed by atoms with E-state index in [4.69, 9.17) is 15.1 Å². The molecule has 0 unspecified atom stereocenters. The van der Waals surface area contributed by atoms with Crippen molar-refractivity contribution in [1.82, 2.24) is 0 Å². The van der Waals surface area contributed by atoms with Crippen LogP contribution in [0.2, 0.25) is 0 Å². The van der Waals surface area contributed by atoms with Crippen molar-refractivity contribution in [2.45, 2.75) is 6.61 Å². The molecule has 0 fully saturated rings. The van der Waals surface area contributed by atoms with E-state index in [1.54, 1.807) is 30.3 Å². The summed E-state index contributed by atoms with van der Waals surface area (Å²) in [6.45, 7) is -0.432. The van der Waals surface area contributed by atoms with E-state index >= 15 is 0 Å². The first kappa shape index (κ1) is 12.1. The number of hydrogen-bond donors (Lipinski definition) is 1. The van der Waals surface area contributed by atoms with Crippen molar-refractivity contribution in [3.8, 4) is 17.6 Å². The van der Waals surface area contributed by atoms with Gasteiger partial charge < -0.3 is 9.84 Å². The fraction of sp³-hybridized carbons (Fsp3) is 0.0714. The van der Waals surface area contributed by atoms with Crippen LogP contribution < -0.4 is 4.74 Å². The molecule has 0 amide bonds. The molecule has 18 heavy (non-hydrogen) atoms. The lowest BCUT2D eigenvalue weighted by atomic mass is 10.2. The van der Waals surface area contributed by atoms with Gasteiger partial charge in [0.2, 0.25) is 0 Å². The number of nitrogens with zero attached hydrogens (tertiary/aromatic N) is 1. The van der Waals surface area contributed by atoms with Gasteiger partial charge in [-0.25, -0.2) is 4.39 Å². The molecule has 0 spiro atoms. The number of aliphatic hydroxyl groups is 1. The van der Waals surface area contributed by atoms with Gasteiger partial charge in [-0.15, -0.1) is 0 Å². The summed E-state index contributed by atoms with van der Waals surface area (Å²) in [5.41, 5.74) is 0.630. The normalized spacial score (nSPS) is 9.83. The highest BCUT2D eigenvalue weighted by Gasteiger charge is 2.09. The number of halogens is 1. The van der Waals surface area contributed by atoms with Gasteiger partial charge in [0.05, 0.1) is 23.8 Å². The molecule has 2 aromatic carbocycles. The van der Waals surface area contributed by atoms with E-state index in [9.17, 15) is 4.39 Å². The molecular weight excluding hydrogens is 233 g/mol. The fourth-order valence-corrected chi connectivity index (χ4v) is 1.51. The predicted molar refractivity (Wildman–Crippen MR) is 63.6 cm³/mol. The smallest absolute Gasteiger partial charge is 0.135 e. The number of benzene rings is 2. The van der Waals surface area contributed by atoms with Gasteiger partial charge >= 0.3 is 0 Å². The summed E-state index contributed by atoms with van der Waals surface area (Å²) in [6.07, 6.45) is 0. The molecule has 0 aliphatic heterocycles. The Balaban J connectivity index is 2.28. The molecule has 0 saturated carbocycles. The van der Waals surface area contributed by atoms with Crippen molar-refractivity contribution >= 4 is 0 Å². The van der Waals surface area contributed by atoms with Crippen LogP contribution in [0.3, 0.4) is 0 Å². The lowest BCUT2D eigenvalue weighted by Crippen LogP contribution is -1.95. The zero-order chi connectivity index (χ0) is 13.0. The lowest BCUT2D eigenvalue weighted by molar-refractivity contribution is 0.270. The monoisotopic (exact) mass is 243 g/mol. The number of rotatable bonds is 3. The first-order chi connectivity index (χ1) is 8.74. The highest BCUT2D eigenvalue weighted by molar-refractivity contribution is 5.40. The topological polar surface area (TPSA) is 53.2 Å². The van der Waals surface area contributed by atoms with E-state index < -0.39 is 12.4 Å². The van der Waals surface area contributed by atoms with Crippen LogP contribution >= 0.6 is 0 Å². The van der Waals surface area contributed by atoms with Crippen molar-refractivity contribution in [1.29, 1.82) is 5.26 Å². The van der Waals surface area contributed by atoms with Crippen LogP contribution in [0.15, 0.2) is 42.5 Å². The molecule has 0 atom stereocenters. The first-order valence-corrected chi connectivity index (χ1v) is 5.31. The number of ether oxygens (including phenoxy) is 1. The minimum Gasteiger partial charge on any atom is -0.457 e. The fourth-order valence-electron chi connectivity index (χ4n) is 1.51. The maximum absolute atomic E-state index is 13.4. The van der Waals surface area contributed by atoms with Crippen molar-refractivity contribution in [2.75, 3.05) is 0 Å². The average Bonchev–Trinajstić information content (AvgIpc) is 2.40. The zero-order valence-electron chi connectivity index (χ0n) is 9.43. The number of hydrogen-bond acceptors (Lipinski definition) is 3. The van der Waals surface area contributed by atoms with Gasteiger partial charge in [0.1, 0.15) is 17.3 Å². The minimum atomic E-state index is -0.511. The maximum atomic E-state index is 13.4. The molecule has 0 aliphatic rings. The molecule has 4 heteroatoms. The van der Waals surface area contributed by atoms with Crippen LogP contribution in [0, 0.1) is 17.1 Å². The minimum absolute atomic E-state index is 0.113. The Labute approximate surface area is 104 Å². The molecule has 0 radical (unpaired) electrons. The van der Waals surface area contributed by atoms with Gasteiger partial charge in [-0.05, 0) is 36.4 Å². The summed E-state index contributed by atoms with van der Waals surface area (Å²) in [5.74, 6) is 0.236. The summed E-state index contributed by atoms with van der Waals surface area (Å²) in [4.78, 5) is 0. The van der Waals surface area contributed by atoms with Crippen LogP contribution in [-0.2, 0) is 6.61 Å². The average molecular weight is 243 g/mol. The number of aliphatic hydroxyl groups excluding tert-OH is 1. The summed E-state index contributed by atoms with van der Waals surface area (Å²) in [6, 6.07) is 12.8. The second kappa shape index (κ2) is 5.30. The third-order valence-corrected chi connectivity index (χ3v) is 2.45. The van der Waals surface area contributed by atoms with Crippen molar-refractivity contribution < 1.29 is 14.2 Å². The van der Waals surface area contributed by atoms with E-state index in [0.29, 0.717) is 11.3 Å². The molecule has 0 saturated heterocycles. The third-order valence-electron chi connectivity index (χ3n) is 2.45. The van der Waals surface area contributed by atoms with Crippen LogP contribution in [0.1, 0.15) is 11.1 Å². The van der Waals surface area contributed by atoms with Crippen LogP contribution in [0.25, 0.3) is 0 Å². The zero-order valence-corrected chi connectivity index (χ0v) is 9.43. The molecule has 0 aromatic heterocycles. The SMILES string of the molecule is N#Cc1ccc(Oc2cccc(F)c2CO)cc1. The highest BCUT2D eigenvalue weighted by atomic mass is 19.1. The molecule has 3 nitrogen and oxygen atoms in total. The van der Waals surface area contributed by atoms with Crippen LogP contribution in [0.4, 0.5) is 4.39 Å². The Morgan fingerprint density at radius 2 is 1.89 bits per heavy atom. The Morgan fingerprint density at radius 3 is 2.50 bits per heavy atom. The van der Waals surface area contributed by atoms with Gasteiger partial charge in [0.25, 0.3) is 0 Å². The van der Waals surface area contributed by atoms with Gasteiger partial charge in [-0.2, -0.15) is 5.26 Å². The lowest BCUT2D eigenvalue weighted by Gasteiger charge is -2.10. The second-order valence-electron chi connectivity index (χ2n) is 3.61. The molecule has 90 valence electrons. The van der Waals surface area contributed by atoms with Gasteiger partial charge in [0, 0.05) is 0 Å². The summed E-state index contributed by atoms with van der Waals surface area (Å²) < 4.78 is 18.9. The van der Waals surface area contributed by atoms with Gasteiger partial charge in [-0.3, -0.25) is 0 Å². The molecule has 2 rings (SSSR count). The standard InChI is InChI=1S/C14H10FNO2/c15-13-2-1-3-14(12(13)9-17)18-11-6-4-10(8-16)5-7-11/h1-7,17H,9H2. The largest absolute Gasteiger partial charge is 0.457 e. The van der Waals surface area contributed by atoms with Gasteiger partial charge in [-0.1, -0.05) is 6.07 Å². The second-order valence-corrected chi connectivity index (χ2v) is 3.61. The van der Waals surface area contributed by atoms with Crippen LogP contribution in [0.5, 0.6) is 11.5 Å². The Hall–Kier alpha value is -2.38. The van der Waals surface area contributed by atoms with Crippen molar-refractivity contribution in [2.24, 2.45) is 0 Å². The molecule has 0 bridgehead atoms. The quantitative estimate of drug-likeness (QED) is 0.901. The van der Waals surface area contributed by atoms with E-state index in [1.165, 1.54) is 12.1 Å². The third kappa shape index (κ3) is 2.47. The predicted octanol–water partition coefficient (Wildman–Crippen LogP) is 2.98. The van der Waals surface area contributed by atoms with Crippen LogP contribution in [-0.4, -0.2) is 5.11 Å².